The first-order valence-corrected chi connectivity index (χ1v) is 5.84. The number of ether oxygens (including phenoxy) is 1. The number of hydrogen-bond acceptors (Lipinski definition) is 6. The van der Waals surface area contributed by atoms with Crippen LogP contribution in [0.25, 0.3) is 0 Å². The highest BCUT2D eigenvalue weighted by Crippen LogP contribution is 2.23. The minimum atomic E-state index is -0.551. The van der Waals surface area contributed by atoms with Crippen LogP contribution in [-0.4, -0.2) is 37.3 Å². The zero-order chi connectivity index (χ0) is 13.8. The van der Waals surface area contributed by atoms with Gasteiger partial charge in [-0.1, -0.05) is 0 Å². The smallest absolute Gasteiger partial charge is 0.289 e. The van der Waals surface area contributed by atoms with Crippen LogP contribution in [0.1, 0.15) is 5.56 Å². The molecular weight excluding hydrogens is 248 g/mol. The van der Waals surface area contributed by atoms with E-state index in [9.17, 15) is 10.1 Å². The van der Waals surface area contributed by atoms with Crippen molar-refractivity contribution in [2.24, 2.45) is 0 Å². The fraction of sp³-hybridized carbons (Fsp3) is 0.417. The first kappa shape index (κ1) is 13.3. The monoisotopic (exact) mass is 262 g/mol. The van der Waals surface area contributed by atoms with E-state index >= 15 is 0 Å². The molecule has 0 aliphatic carbocycles. The number of rotatable bonds is 4. The van der Waals surface area contributed by atoms with Gasteiger partial charge in [0.15, 0.2) is 0 Å². The van der Waals surface area contributed by atoms with Crippen molar-refractivity contribution in [2.75, 3.05) is 25.5 Å². The number of nitro benzene ring substituents is 1. The van der Waals surface area contributed by atoms with Crippen LogP contribution in [0.3, 0.4) is 0 Å². The average molecular weight is 262 g/mol. The number of anilines is 1. The van der Waals surface area contributed by atoms with E-state index in [0.29, 0.717) is 5.69 Å². The molecule has 0 radical (unpaired) electrons. The molecule has 1 aliphatic heterocycles. The second kappa shape index (κ2) is 5.65. The van der Waals surface area contributed by atoms with E-state index in [1.807, 2.05) is 6.07 Å². The van der Waals surface area contributed by atoms with Crippen molar-refractivity contribution < 1.29 is 9.66 Å². The summed E-state index contributed by atoms with van der Waals surface area (Å²) in [5.41, 5.74) is 0.484. The van der Waals surface area contributed by atoms with Crippen molar-refractivity contribution in [3.8, 4) is 6.07 Å². The fourth-order valence-corrected chi connectivity index (χ4v) is 2.13. The number of methoxy groups -OCH3 is 1. The van der Waals surface area contributed by atoms with Gasteiger partial charge in [0.2, 0.25) is 0 Å². The Morgan fingerprint density at radius 3 is 3.00 bits per heavy atom. The Morgan fingerprint density at radius 1 is 1.58 bits per heavy atom. The maximum Gasteiger partial charge on any atom is 0.289 e. The molecule has 1 fully saturated rings. The van der Waals surface area contributed by atoms with E-state index < -0.39 is 4.92 Å². The van der Waals surface area contributed by atoms with Crippen LogP contribution < -0.4 is 10.6 Å². The van der Waals surface area contributed by atoms with Gasteiger partial charge in [-0.05, 0) is 12.1 Å². The van der Waals surface area contributed by atoms with Crippen LogP contribution in [0.15, 0.2) is 18.2 Å². The summed E-state index contributed by atoms with van der Waals surface area (Å²) in [5, 5.41) is 26.1. The molecule has 2 N–H and O–H groups in total. The second-order valence-corrected chi connectivity index (χ2v) is 4.28. The Labute approximate surface area is 110 Å². The summed E-state index contributed by atoms with van der Waals surface area (Å²) < 4.78 is 5.31. The van der Waals surface area contributed by atoms with E-state index in [4.69, 9.17) is 10.00 Å². The summed E-state index contributed by atoms with van der Waals surface area (Å²) in [6.07, 6.45) is 0.0229. The predicted octanol–water partition coefficient (Wildman–Crippen LogP) is 0.865. The molecule has 0 saturated carbocycles. The van der Waals surface area contributed by atoms with E-state index in [-0.39, 0.29) is 23.4 Å². The fourth-order valence-electron chi connectivity index (χ4n) is 2.13. The molecule has 100 valence electrons. The van der Waals surface area contributed by atoms with Crippen LogP contribution >= 0.6 is 0 Å². The molecular formula is C12H14N4O3. The zero-order valence-corrected chi connectivity index (χ0v) is 10.4. The molecule has 2 rings (SSSR count). The number of nitrogens with one attached hydrogen (secondary N) is 2. The van der Waals surface area contributed by atoms with Gasteiger partial charge in [0.05, 0.1) is 17.1 Å². The first-order valence-electron chi connectivity index (χ1n) is 5.84. The molecule has 0 aromatic heterocycles. The van der Waals surface area contributed by atoms with Crippen molar-refractivity contribution in [1.82, 2.24) is 5.32 Å². The van der Waals surface area contributed by atoms with Crippen molar-refractivity contribution >= 4 is 11.4 Å². The normalized spacial score (nSPS) is 21.9. The van der Waals surface area contributed by atoms with Crippen molar-refractivity contribution in [2.45, 2.75) is 12.1 Å². The molecule has 1 saturated heterocycles. The maximum absolute atomic E-state index is 10.9. The highest BCUT2D eigenvalue weighted by atomic mass is 16.6. The quantitative estimate of drug-likeness (QED) is 0.616. The van der Waals surface area contributed by atoms with Gasteiger partial charge in [-0.2, -0.15) is 5.26 Å². The second-order valence-electron chi connectivity index (χ2n) is 4.28. The summed E-state index contributed by atoms with van der Waals surface area (Å²) >= 11 is 0. The minimum absolute atomic E-state index is 0.0229. The minimum Gasteiger partial charge on any atom is -0.378 e. The third-order valence-electron chi connectivity index (χ3n) is 3.13. The summed E-state index contributed by atoms with van der Waals surface area (Å²) in [6, 6.07) is 6.36. The molecule has 0 amide bonds. The van der Waals surface area contributed by atoms with Crippen LogP contribution in [0, 0.1) is 21.4 Å². The number of nitriles is 1. The van der Waals surface area contributed by atoms with Gasteiger partial charge >= 0.3 is 0 Å². The molecule has 0 bridgehead atoms. The first-order chi connectivity index (χ1) is 9.15. The molecule has 1 unspecified atom stereocenters. The van der Waals surface area contributed by atoms with Gasteiger partial charge in [-0.3, -0.25) is 10.1 Å². The van der Waals surface area contributed by atoms with Gasteiger partial charge in [0.1, 0.15) is 11.6 Å². The summed E-state index contributed by atoms with van der Waals surface area (Å²) in [5.74, 6) is 0. The summed E-state index contributed by atoms with van der Waals surface area (Å²) in [7, 11) is 1.63. The highest BCUT2D eigenvalue weighted by Gasteiger charge is 2.27. The van der Waals surface area contributed by atoms with E-state index in [2.05, 4.69) is 10.6 Å². The lowest BCUT2D eigenvalue weighted by molar-refractivity contribution is -0.385. The molecule has 19 heavy (non-hydrogen) atoms. The Bertz CT molecular complexity index is 526. The summed E-state index contributed by atoms with van der Waals surface area (Å²) in [4.78, 5) is 10.3. The van der Waals surface area contributed by atoms with Crippen molar-refractivity contribution in [3.05, 3.63) is 33.9 Å². The van der Waals surface area contributed by atoms with Gasteiger partial charge in [0.25, 0.3) is 5.69 Å². The molecule has 1 heterocycles. The van der Waals surface area contributed by atoms with Crippen LogP contribution in [0.5, 0.6) is 0 Å². The number of hydrogen-bond donors (Lipinski definition) is 2. The third kappa shape index (κ3) is 2.81. The number of benzene rings is 1. The van der Waals surface area contributed by atoms with Gasteiger partial charge in [0, 0.05) is 32.0 Å². The standard InChI is InChI=1S/C12H14N4O3/c1-19-12-7-14-6-10(12)15-9-3-2-8(5-13)11(4-9)16(17)18/h2-4,10,12,14-15H,6-7H2,1H3/t10?,12-/m0/s1. The van der Waals surface area contributed by atoms with Crippen molar-refractivity contribution in [1.29, 1.82) is 5.26 Å². The lowest BCUT2D eigenvalue weighted by Crippen LogP contribution is -2.33. The zero-order valence-electron chi connectivity index (χ0n) is 10.4. The predicted molar refractivity (Wildman–Crippen MR) is 68.9 cm³/mol. The van der Waals surface area contributed by atoms with E-state index in [1.165, 1.54) is 12.1 Å². The lowest BCUT2D eigenvalue weighted by Gasteiger charge is -2.19. The number of nitro groups is 1. The number of nitrogens with zero attached hydrogens (tertiary/aromatic N) is 2. The Hall–Kier alpha value is -2.17. The SMILES string of the molecule is CO[C@H]1CNCC1Nc1ccc(C#N)c([N+](=O)[O-])c1. The molecule has 2 atom stereocenters. The molecule has 1 aromatic carbocycles. The van der Waals surface area contributed by atoms with E-state index in [0.717, 1.165) is 13.1 Å². The van der Waals surface area contributed by atoms with Gasteiger partial charge < -0.3 is 15.4 Å². The molecule has 0 spiro atoms. The Balaban J connectivity index is 2.20. The third-order valence-corrected chi connectivity index (χ3v) is 3.13. The van der Waals surface area contributed by atoms with E-state index in [1.54, 1.807) is 13.2 Å². The Kier molecular flexibility index (Phi) is 3.94. The van der Waals surface area contributed by atoms with Crippen LogP contribution in [0.2, 0.25) is 0 Å². The molecule has 1 aliphatic rings. The largest absolute Gasteiger partial charge is 0.378 e. The van der Waals surface area contributed by atoms with Gasteiger partial charge in [-0.25, -0.2) is 0 Å². The summed E-state index contributed by atoms with van der Waals surface area (Å²) in [6.45, 7) is 1.47. The average Bonchev–Trinajstić information content (AvgIpc) is 2.85. The van der Waals surface area contributed by atoms with Crippen LogP contribution in [-0.2, 0) is 4.74 Å². The molecule has 7 nitrogen and oxygen atoms in total. The Morgan fingerprint density at radius 2 is 2.37 bits per heavy atom. The highest BCUT2D eigenvalue weighted by molar-refractivity contribution is 5.59. The lowest BCUT2D eigenvalue weighted by atomic mass is 10.1. The molecule has 1 aromatic rings. The van der Waals surface area contributed by atoms with Gasteiger partial charge in [-0.15, -0.1) is 0 Å². The maximum atomic E-state index is 10.9. The van der Waals surface area contributed by atoms with Crippen LogP contribution in [0.4, 0.5) is 11.4 Å². The molecule has 7 heteroatoms. The van der Waals surface area contributed by atoms with Crippen molar-refractivity contribution in [3.63, 3.8) is 0 Å². The topological polar surface area (TPSA) is 100 Å².